The molecule has 0 spiro atoms. The van der Waals surface area contributed by atoms with Gasteiger partial charge in [0.15, 0.2) is 6.29 Å². The first-order valence-electron chi connectivity index (χ1n) is 6.06. The summed E-state index contributed by atoms with van der Waals surface area (Å²) in [6.45, 7) is 3.99. The van der Waals surface area contributed by atoms with Crippen LogP contribution in [0.5, 0.6) is 0 Å². The molecular formula is C15H13N3O. The van der Waals surface area contributed by atoms with E-state index in [-0.39, 0.29) is 0 Å². The second-order valence-corrected chi connectivity index (χ2v) is 4.61. The molecule has 1 aromatic carbocycles. The van der Waals surface area contributed by atoms with Crippen molar-refractivity contribution < 1.29 is 4.79 Å². The highest BCUT2D eigenvalue weighted by Crippen LogP contribution is 2.24. The predicted molar refractivity (Wildman–Crippen MR) is 73.7 cm³/mol. The Morgan fingerprint density at radius 3 is 2.68 bits per heavy atom. The summed E-state index contributed by atoms with van der Waals surface area (Å²) >= 11 is 0. The molecule has 0 fully saturated rings. The first kappa shape index (κ1) is 11.6. The third kappa shape index (κ3) is 1.91. The number of hydrogen-bond donors (Lipinski definition) is 0. The number of nitrogens with zero attached hydrogens (tertiary/aromatic N) is 3. The molecule has 94 valence electrons. The fourth-order valence-corrected chi connectivity index (χ4v) is 2.16. The summed E-state index contributed by atoms with van der Waals surface area (Å²) in [7, 11) is 0. The van der Waals surface area contributed by atoms with Gasteiger partial charge in [-0.05, 0) is 43.2 Å². The minimum atomic E-state index is 0.449. The van der Waals surface area contributed by atoms with Crippen molar-refractivity contribution >= 4 is 17.2 Å². The van der Waals surface area contributed by atoms with Crippen LogP contribution in [0.25, 0.3) is 16.6 Å². The van der Waals surface area contributed by atoms with Crippen molar-refractivity contribution in [3.63, 3.8) is 0 Å². The topological polar surface area (TPSA) is 47.8 Å². The maximum Gasteiger partial charge on any atom is 0.168 e. The van der Waals surface area contributed by atoms with Crippen LogP contribution in [0.1, 0.15) is 21.6 Å². The highest BCUT2D eigenvalue weighted by atomic mass is 16.1. The van der Waals surface area contributed by atoms with E-state index in [9.17, 15) is 4.79 Å². The molecule has 0 bridgehead atoms. The highest BCUT2D eigenvalue weighted by Gasteiger charge is 2.08. The SMILES string of the molecule is Cc1cnn(-c2ccc(C)c3nc(C=O)ccc23)c1. The highest BCUT2D eigenvalue weighted by molar-refractivity contribution is 5.91. The Hall–Kier alpha value is -2.49. The number of rotatable bonds is 2. The van der Waals surface area contributed by atoms with Crippen LogP contribution < -0.4 is 0 Å². The van der Waals surface area contributed by atoms with Crippen LogP contribution in [0.4, 0.5) is 0 Å². The number of fused-ring (bicyclic) bond motifs is 1. The average molecular weight is 251 g/mol. The Labute approximate surface area is 110 Å². The first-order chi connectivity index (χ1) is 9.19. The lowest BCUT2D eigenvalue weighted by Crippen LogP contribution is -1.98. The molecule has 0 amide bonds. The lowest BCUT2D eigenvalue weighted by Gasteiger charge is -2.08. The molecule has 4 nitrogen and oxygen atoms in total. The standard InChI is InChI=1S/C15H13N3O/c1-10-7-16-18(8-10)14-6-3-11(2)15-13(14)5-4-12(9-19)17-15/h3-9H,1-2H3. The summed E-state index contributed by atoms with van der Waals surface area (Å²) in [6.07, 6.45) is 4.56. The van der Waals surface area contributed by atoms with Gasteiger partial charge in [0.2, 0.25) is 0 Å². The van der Waals surface area contributed by atoms with Gasteiger partial charge in [0.05, 0.1) is 17.4 Å². The molecule has 19 heavy (non-hydrogen) atoms. The molecule has 0 aliphatic carbocycles. The average Bonchev–Trinajstić information content (AvgIpc) is 2.85. The molecule has 0 N–H and O–H groups in total. The molecule has 0 aliphatic heterocycles. The van der Waals surface area contributed by atoms with E-state index in [1.807, 2.05) is 49.1 Å². The summed E-state index contributed by atoms with van der Waals surface area (Å²) in [5.74, 6) is 0. The van der Waals surface area contributed by atoms with Gasteiger partial charge in [-0.15, -0.1) is 0 Å². The number of aromatic nitrogens is 3. The third-order valence-corrected chi connectivity index (χ3v) is 3.14. The van der Waals surface area contributed by atoms with E-state index in [2.05, 4.69) is 10.1 Å². The number of carbonyl (C=O) groups is 1. The van der Waals surface area contributed by atoms with Crippen molar-refractivity contribution in [1.29, 1.82) is 0 Å². The van der Waals surface area contributed by atoms with Gasteiger partial charge < -0.3 is 0 Å². The van der Waals surface area contributed by atoms with Crippen molar-refractivity contribution in [3.8, 4) is 5.69 Å². The summed E-state index contributed by atoms with van der Waals surface area (Å²) < 4.78 is 1.83. The maximum absolute atomic E-state index is 10.8. The summed E-state index contributed by atoms with van der Waals surface area (Å²) in [4.78, 5) is 15.2. The van der Waals surface area contributed by atoms with Crippen molar-refractivity contribution in [3.05, 3.63) is 53.5 Å². The summed E-state index contributed by atoms with van der Waals surface area (Å²) in [5, 5.41) is 5.32. The number of benzene rings is 1. The van der Waals surface area contributed by atoms with E-state index in [1.165, 1.54) is 0 Å². The number of carbonyl (C=O) groups excluding carboxylic acids is 1. The van der Waals surface area contributed by atoms with Gasteiger partial charge in [-0.25, -0.2) is 9.67 Å². The monoisotopic (exact) mass is 251 g/mol. The second kappa shape index (κ2) is 4.31. The maximum atomic E-state index is 10.8. The van der Waals surface area contributed by atoms with E-state index in [4.69, 9.17) is 0 Å². The zero-order chi connectivity index (χ0) is 13.4. The fourth-order valence-electron chi connectivity index (χ4n) is 2.16. The molecule has 0 radical (unpaired) electrons. The lowest BCUT2D eigenvalue weighted by molar-refractivity contribution is 0.111. The van der Waals surface area contributed by atoms with Gasteiger partial charge >= 0.3 is 0 Å². The van der Waals surface area contributed by atoms with Crippen LogP contribution in [0.3, 0.4) is 0 Å². The van der Waals surface area contributed by atoms with Crippen LogP contribution in [0.15, 0.2) is 36.7 Å². The smallest absolute Gasteiger partial charge is 0.168 e. The van der Waals surface area contributed by atoms with Crippen LogP contribution in [-0.2, 0) is 0 Å². The molecule has 0 atom stereocenters. The summed E-state index contributed by atoms with van der Waals surface area (Å²) in [5.41, 5.74) is 4.41. The van der Waals surface area contributed by atoms with E-state index in [0.717, 1.165) is 34.0 Å². The van der Waals surface area contributed by atoms with E-state index >= 15 is 0 Å². The van der Waals surface area contributed by atoms with Crippen LogP contribution in [0.2, 0.25) is 0 Å². The minimum Gasteiger partial charge on any atom is -0.296 e. The molecule has 4 heteroatoms. The number of aldehydes is 1. The van der Waals surface area contributed by atoms with Crippen molar-refractivity contribution in [2.24, 2.45) is 0 Å². The van der Waals surface area contributed by atoms with Crippen molar-refractivity contribution in [2.45, 2.75) is 13.8 Å². The Morgan fingerprint density at radius 1 is 1.16 bits per heavy atom. The Bertz CT molecular complexity index is 774. The molecule has 2 heterocycles. The molecule has 3 aromatic rings. The minimum absolute atomic E-state index is 0.449. The largest absolute Gasteiger partial charge is 0.296 e. The molecule has 0 aliphatic rings. The number of aryl methyl sites for hydroxylation is 2. The zero-order valence-corrected chi connectivity index (χ0v) is 10.8. The summed E-state index contributed by atoms with van der Waals surface area (Å²) in [6, 6.07) is 7.67. The Morgan fingerprint density at radius 2 is 2.00 bits per heavy atom. The van der Waals surface area contributed by atoms with E-state index in [1.54, 1.807) is 6.07 Å². The Kier molecular flexibility index (Phi) is 2.63. The van der Waals surface area contributed by atoms with Gasteiger partial charge in [0.1, 0.15) is 5.69 Å². The first-order valence-corrected chi connectivity index (χ1v) is 6.06. The van der Waals surface area contributed by atoms with E-state index < -0.39 is 0 Å². The quantitative estimate of drug-likeness (QED) is 0.658. The predicted octanol–water partition coefficient (Wildman–Crippen LogP) is 2.85. The van der Waals surface area contributed by atoms with Crippen LogP contribution in [0, 0.1) is 13.8 Å². The van der Waals surface area contributed by atoms with Gasteiger partial charge in [0, 0.05) is 11.6 Å². The van der Waals surface area contributed by atoms with Gasteiger partial charge in [-0.3, -0.25) is 4.79 Å². The Balaban J connectivity index is 2.32. The van der Waals surface area contributed by atoms with E-state index in [0.29, 0.717) is 5.69 Å². The van der Waals surface area contributed by atoms with Crippen molar-refractivity contribution in [1.82, 2.24) is 14.8 Å². The van der Waals surface area contributed by atoms with Crippen molar-refractivity contribution in [2.75, 3.05) is 0 Å². The molecule has 0 saturated heterocycles. The van der Waals surface area contributed by atoms with Gasteiger partial charge in [0.25, 0.3) is 0 Å². The molecule has 3 rings (SSSR count). The number of pyridine rings is 1. The number of hydrogen-bond acceptors (Lipinski definition) is 3. The molecule has 0 saturated carbocycles. The third-order valence-electron chi connectivity index (χ3n) is 3.14. The van der Waals surface area contributed by atoms with Gasteiger partial charge in [-0.1, -0.05) is 6.07 Å². The fraction of sp³-hybridized carbons (Fsp3) is 0.133. The van der Waals surface area contributed by atoms with Crippen LogP contribution >= 0.6 is 0 Å². The zero-order valence-electron chi connectivity index (χ0n) is 10.8. The van der Waals surface area contributed by atoms with Crippen LogP contribution in [-0.4, -0.2) is 21.1 Å². The molecular weight excluding hydrogens is 238 g/mol. The normalized spacial score (nSPS) is 10.8. The van der Waals surface area contributed by atoms with Gasteiger partial charge in [-0.2, -0.15) is 5.10 Å². The molecule has 0 unspecified atom stereocenters. The second-order valence-electron chi connectivity index (χ2n) is 4.61. The molecule has 2 aromatic heterocycles. The lowest BCUT2D eigenvalue weighted by atomic mass is 10.1.